The van der Waals surface area contributed by atoms with E-state index >= 15 is 0 Å². The third kappa shape index (κ3) is 5.46. The third-order valence-corrected chi connectivity index (χ3v) is 4.10. The Morgan fingerprint density at radius 2 is 1.96 bits per heavy atom. The largest absolute Gasteiger partial charge is 0.341 e. The first-order chi connectivity index (χ1) is 13.2. The Labute approximate surface area is 158 Å². The Morgan fingerprint density at radius 1 is 1.15 bits per heavy atom. The van der Waals surface area contributed by atoms with Crippen molar-refractivity contribution in [1.82, 2.24) is 4.98 Å². The van der Waals surface area contributed by atoms with Crippen LogP contribution in [0.1, 0.15) is 25.3 Å². The Kier molecular flexibility index (Phi) is 6.69. The van der Waals surface area contributed by atoms with Crippen molar-refractivity contribution in [1.29, 1.82) is 0 Å². The van der Waals surface area contributed by atoms with Gasteiger partial charge in [-0.15, -0.1) is 0 Å². The minimum absolute atomic E-state index is 0.270. The highest BCUT2D eigenvalue weighted by Crippen LogP contribution is 2.19. The van der Waals surface area contributed by atoms with Crippen molar-refractivity contribution in [2.24, 2.45) is 5.92 Å². The average Bonchev–Trinajstić information content (AvgIpc) is 2.70. The predicted octanol–water partition coefficient (Wildman–Crippen LogP) is 4.72. The zero-order valence-corrected chi connectivity index (χ0v) is 15.1. The van der Waals surface area contributed by atoms with Gasteiger partial charge in [-0.2, -0.15) is 0 Å². The SMILES string of the molecule is CCC/C=C/C1COC(C#Cc2ccc(-c3ccc(F)c(F)c3)nc2)OC1. The normalized spacial score (nSPS) is 19.7. The molecule has 2 aromatic rings. The van der Waals surface area contributed by atoms with E-state index < -0.39 is 17.9 Å². The van der Waals surface area contributed by atoms with E-state index in [-0.39, 0.29) is 5.92 Å². The number of benzene rings is 1. The van der Waals surface area contributed by atoms with Gasteiger partial charge in [-0.3, -0.25) is 4.98 Å². The van der Waals surface area contributed by atoms with Crippen LogP contribution in [0, 0.1) is 29.4 Å². The monoisotopic (exact) mass is 369 g/mol. The summed E-state index contributed by atoms with van der Waals surface area (Å²) in [5.74, 6) is 4.40. The van der Waals surface area contributed by atoms with E-state index in [1.165, 1.54) is 6.07 Å². The van der Waals surface area contributed by atoms with E-state index in [1.807, 2.05) is 0 Å². The number of unbranched alkanes of at least 4 members (excludes halogenated alkanes) is 1. The standard InChI is InChI=1S/C22H21F2NO2/c1-2-3-4-5-17-14-26-22(27-15-17)11-7-16-6-10-21(25-13-16)18-8-9-19(23)20(24)12-18/h4-6,8-10,12-13,17,22H,2-3,14-15H2,1H3/b5-4+. The molecule has 0 bridgehead atoms. The summed E-state index contributed by atoms with van der Waals surface area (Å²) in [6.07, 6.45) is 7.52. The molecule has 3 nitrogen and oxygen atoms in total. The van der Waals surface area contributed by atoms with Gasteiger partial charge in [0.15, 0.2) is 11.6 Å². The molecule has 1 aliphatic rings. The van der Waals surface area contributed by atoms with E-state index in [1.54, 1.807) is 18.3 Å². The fourth-order valence-electron chi connectivity index (χ4n) is 2.60. The van der Waals surface area contributed by atoms with E-state index in [2.05, 4.69) is 35.9 Å². The smallest absolute Gasteiger partial charge is 0.222 e. The number of halogens is 2. The fraction of sp³-hybridized carbons (Fsp3) is 0.318. The van der Waals surface area contributed by atoms with Crippen molar-refractivity contribution in [3.05, 3.63) is 65.9 Å². The Balaban J connectivity index is 1.57. The maximum atomic E-state index is 13.3. The minimum Gasteiger partial charge on any atom is -0.341 e. The number of ether oxygens (including phenoxy) is 2. The fourth-order valence-corrected chi connectivity index (χ4v) is 2.60. The molecule has 27 heavy (non-hydrogen) atoms. The van der Waals surface area contributed by atoms with Crippen LogP contribution in [0.25, 0.3) is 11.3 Å². The van der Waals surface area contributed by atoms with Gasteiger partial charge >= 0.3 is 0 Å². The zero-order valence-electron chi connectivity index (χ0n) is 15.1. The molecule has 1 aromatic carbocycles. The first kappa shape index (κ1) is 19.2. The highest BCUT2D eigenvalue weighted by Gasteiger charge is 2.18. The lowest BCUT2D eigenvalue weighted by Gasteiger charge is -2.24. The first-order valence-corrected chi connectivity index (χ1v) is 8.98. The van der Waals surface area contributed by atoms with Gasteiger partial charge in [-0.05, 0) is 42.7 Å². The average molecular weight is 369 g/mol. The highest BCUT2D eigenvalue weighted by molar-refractivity contribution is 5.59. The van der Waals surface area contributed by atoms with Gasteiger partial charge in [0.05, 0.1) is 18.9 Å². The topological polar surface area (TPSA) is 31.4 Å². The minimum atomic E-state index is -0.896. The van der Waals surface area contributed by atoms with Crippen LogP contribution in [0.3, 0.4) is 0 Å². The van der Waals surface area contributed by atoms with Crippen molar-refractivity contribution in [2.45, 2.75) is 26.1 Å². The maximum Gasteiger partial charge on any atom is 0.222 e. The molecule has 0 amide bonds. The summed E-state index contributed by atoms with van der Waals surface area (Å²) in [7, 11) is 0. The summed E-state index contributed by atoms with van der Waals surface area (Å²) < 4.78 is 37.6. The molecule has 0 unspecified atom stereocenters. The van der Waals surface area contributed by atoms with Gasteiger partial charge in [-0.1, -0.05) is 31.4 Å². The summed E-state index contributed by atoms with van der Waals surface area (Å²) in [6, 6.07) is 7.19. The molecule has 0 atom stereocenters. The van der Waals surface area contributed by atoms with Crippen molar-refractivity contribution in [2.75, 3.05) is 13.2 Å². The number of allylic oxidation sites excluding steroid dienone is 1. The Hall–Kier alpha value is -2.55. The van der Waals surface area contributed by atoms with Gasteiger partial charge in [-0.25, -0.2) is 8.78 Å². The van der Waals surface area contributed by atoms with Crippen LogP contribution in [0.4, 0.5) is 8.78 Å². The number of rotatable bonds is 4. The summed E-state index contributed by atoms with van der Waals surface area (Å²) >= 11 is 0. The molecule has 140 valence electrons. The van der Waals surface area contributed by atoms with E-state index in [0.717, 1.165) is 25.0 Å². The number of aromatic nitrogens is 1. The number of hydrogen-bond donors (Lipinski definition) is 0. The summed E-state index contributed by atoms with van der Waals surface area (Å²) in [4.78, 5) is 4.25. The van der Waals surface area contributed by atoms with Gasteiger partial charge in [0.1, 0.15) is 0 Å². The highest BCUT2D eigenvalue weighted by atomic mass is 19.2. The molecule has 1 saturated heterocycles. The van der Waals surface area contributed by atoms with E-state index in [9.17, 15) is 8.78 Å². The summed E-state index contributed by atoms with van der Waals surface area (Å²) in [6.45, 7) is 3.32. The number of pyridine rings is 1. The lowest BCUT2D eigenvalue weighted by molar-refractivity contribution is -0.160. The van der Waals surface area contributed by atoms with Crippen LogP contribution in [-0.2, 0) is 9.47 Å². The maximum absolute atomic E-state index is 13.3. The van der Waals surface area contributed by atoms with Gasteiger partial charge in [0.25, 0.3) is 0 Å². The number of nitrogens with zero attached hydrogens (tertiary/aromatic N) is 1. The zero-order chi connectivity index (χ0) is 19.1. The van der Waals surface area contributed by atoms with Crippen LogP contribution < -0.4 is 0 Å². The molecule has 1 aromatic heterocycles. The van der Waals surface area contributed by atoms with Crippen LogP contribution >= 0.6 is 0 Å². The van der Waals surface area contributed by atoms with Crippen molar-refractivity contribution < 1.29 is 18.3 Å². The lowest BCUT2D eigenvalue weighted by atomic mass is 10.1. The molecular formula is C22H21F2NO2. The van der Waals surface area contributed by atoms with E-state index in [4.69, 9.17) is 9.47 Å². The molecule has 0 spiro atoms. The molecule has 0 radical (unpaired) electrons. The first-order valence-electron chi connectivity index (χ1n) is 8.98. The van der Waals surface area contributed by atoms with Crippen LogP contribution in [-0.4, -0.2) is 24.5 Å². The van der Waals surface area contributed by atoms with Gasteiger partial charge in [0, 0.05) is 23.2 Å². The summed E-state index contributed by atoms with van der Waals surface area (Å²) in [5.41, 5.74) is 1.75. The molecule has 0 N–H and O–H groups in total. The van der Waals surface area contributed by atoms with Crippen molar-refractivity contribution in [3.63, 3.8) is 0 Å². The lowest BCUT2D eigenvalue weighted by Crippen LogP contribution is -2.30. The molecule has 1 aliphatic heterocycles. The molecular weight excluding hydrogens is 348 g/mol. The molecule has 0 aliphatic carbocycles. The second kappa shape index (κ2) is 9.40. The second-order valence-corrected chi connectivity index (χ2v) is 6.31. The van der Waals surface area contributed by atoms with Crippen LogP contribution in [0.5, 0.6) is 0 Å². The molecule has 2 heterocycles. The van der Waals surface area contributed by atoms with Crippen LogP contribution in [0.2, 0.25) is 0 Å². The van der Waals surface area contributed by atoms with E-state index in [0.29, 0.717) is 30.0 Å². The summed E-state index contributed by atoms with van der Waals surface area (Å²) in [5, 5.41) is 0. The predicted molar refractivity (Wildman–Crippen MR) is 99.7 cm³/mol. The second-order valence-electron chi connectivity index (χ2n) is 6.31. The van der Waals surface area contributed by atoms with Crippen LogP contribution in [0.15, 0.2) is 48.7 Å². The van der Waals surface area contributed by atoms with Crippen molar-refractivity contribution in [3.8, 4) is 23.1 Å². The molecule has 0 saturated carbocycles. The molecule has 3 rings (SSSR count). The number of hydrogen-bond acceptors (Lipinski definition) is 3. The quantitative estimate of drug-likeness (QED) is 0.577. The third-order valence-electron chi connectivity index (χ3n) is 4.10. The molecule has 1 fully saturated rings. The van der Waals surface area contributed by atoms with Gasteiger partial charge in [0.2, 0.25) is 6.29 Å². The molecule has 5 heteroatoms. The Morgan fingerprint density at radius 3 is 2.63 bits per heavy atom. The van der Waals surface area contributed by atoms with Gasteiger partial charge < -0.3 is 9.47 Å². The van der Waals surface area contributed by atoms with Crippen molar-refractivity contribution >= 4 is 0 Å². The Bertz CT molecular complexity index is 845.